The molecule has 0 aliphatic rings. The maximum absolute atomic E-state index is 6.16. The molecule has 3 nitrogen and oxygen atoms in total. The molecule has 1 unspecified atom stereocenters. The van der Waals surface area contributed by atoms with Crippen LogP contribution in [0, 0.1) is 6.92 Å². The van der Waals surface area contributed by atoms with Gasteiger partial charge in [-0.3, -0.25) is 0 Å². The summed E-state index contributed by atoms with van der Waals surface area (Å²) in [5.41, 5.74) is 1.81. The van der Waals surface area contributed by atoms with Gasteiger partial charge in [-0.2, -0.15) is 0 Å². The number of aryl methyl sites for hydroxylation is 1. The van der Waals surface area contributed by atoms with Crippen molar-refractivity contribution in [1.82, 2.24) is 9.97 Å². The lowest BCUT2D eigenvalue weighted by Gasteiger charge is -2.07. The number of nitrogens with zero attached hydrogens (tertiary/aromatic N) is 2. The monoisotopic (exact) mass is 364 g/mol. The van der Waals surface area contributed by atoms with E-state index in [0.29, 0.717) is 15.9 Å². The third-order valence-electron chi connectivity index (χ3n) is 3.28. The molecule has 1 atom stereocenters. The summed E-state index contributed by atoms with van der Waals surface area (Å²) in [7, 11) is 0. The summed E-state index contributed by atoms with van der Waals surface area (Å²) in [5.74, 6) is 1.41. The topological polar surface area (TPSA) is 38.9 Å². The van der Waals surface area contributed by atoms with Crippen molar-refractivity contribution in [2.24, 2.45) is 0 Å². The molecule has 0 fully saturated rings. The molecule has 0 spiro atoms. The zero-order valence-electron chi connectivity index (χ0n) is 12.6. The summed E-state index contributed by atoms with van der Waals surface area (Å²) < 4.78 is 5.97. The number of oxazole rings is 1. The maximum atomic E-state index is 6.16. The SMILES string of the molecule is Cc1nc(C(C)Sc2ncccc2Cl)oc1-c1ccc(Cl)cc1. The smallest absolute Gasteiger partial charge is 0.208 e. The van der Waals surface area contributed by atoms with Gasteiger partial charge in [-0.25, -0.2) is 9.97 Å². The minimum Gasteiger partial charge on any atom is -0.439 e. The van der Waals surface area contributed by atoms with Crippen LogP contribution in [0.3, 0.4) is 0 Å². The van der Waals surface area contributed by atoms with Crippen molar-refractivity contribution in [2.45, 2.75) is 24.1 Å². The Morgan fingerprint density at radius 3 is 2.57 bits per heavy atom. The highest BCUT2D eigenvalue weighted by Gasteiger charge is 2.19. The Kier molecular flexibility index (Phi) is 4.95. The Labute approximate surface area is 149 Å². The van der Waals surface area contributed by atoms with Crippen molar-refractivity contribution in [2.75, 3.05) is 0 Å². The Bertz CT molecular complexity index is 818. The number of rotatable bonds is 4. The number of thioether (sulfide) groups is 1. The summed E-state index contributed by atoms with van der Waals surface area (Å²) in [5, 5.41) is 2.10. The first-order valence-corrected chi connectivity index (χ1v) is 8.68. The highest BCUT2D eigenvalue weighted by Crippen LogP contribution is 2.38. The first kappa shape index (κ1) is 16.4. The van der Waals surface area contributed by atoms with Gasteiger partial charge in [0.15, 0.2) is 5.76 Å². The van der Waals surface area contributed by atoms with Crippen LogP contribution in [0.25, 0.3) is 11.3 Å². The number of aromatic nitrogens is 2. The van der Waals surface area contributed by atoms with Gasteiger partial charge in [0.05, 0.1) is 16.0 Å². The lowest BCUT2D eigenvalue weighted by atomic mass is 10.1. The predicted molar refractivity (Wildman–Crippen MR) is 95.2 cm³/mol. The van der Waals surface area contributed by atoms with E-state index in [1.165, 1.54) is 11.8 Å². The first-order valence-electron chi connectivity index (χ1n) is 7.05. The normalized spacial score (nSPS) is 12.3. The van der Waals surface area contributed by atoms with E-state index in [2.05, 4.69) is 9.97 Å². The van der Waals surface area contributed by atoms with Gasteiger partial charge in [0.2, 0.25) is 5.89 Å². The standard InChI is InChI=1S/C17H14Cl2N2OS/c1-10-15(12-5-7-13(18)8-6-12)22-16(21-10)11(2)23-17-14(19)4-3-9-20-17/h3-9,11H,1-2H3. The van der Waals surface area contributed by atoms with Gasteiger partial charge in [0.1, 0.15) is 5.03 Å². The average molecular weight is 365 g/mol. The van der Waals surface area contributed by atoms with Gasteiger partial charge in [-0.1, -0.05) is 35.0 Å². The van der Waals surface area contributed by atoms with Crippen LogP contribution in [0.5, 0.6) is 0 Å². The molecule has 3 rings (SSSR count). The lowest BCUT2D eigenvalue weighted by molar-refractivity contribution is 0.510. The third kappa shape index (κ3) is 3.71. The van der Waals surface area contributed by atoms with E-state index in [0.717, 1.165) is 22.0 Å². The van der Waals surface area contributed by atoms with Gasteiger partial charge in [0.25, 0.3) is 0 Å². The molecular formula is C17H14Cl2N2OS. The van der Waals surface area contributed by atoms with Crippen LogP contribution < -0.4 is 0 Å². The van der Waals surface area contributed by atoms with Crippen molar-refractivity contribution in [3.05, 3.63) is 64.2 Å². The number of pyridine rings is 1. The minimum absolute atomic E-state index is 0.00199. The fourth-order valence-electron chi connectivity index (χ4n) is 2.14. The van der Waals surface area contributed by atoms with Crippen LogP contribution in [-0.4, -0.2) is 9.97 Å². The molecule has 3 aromatic rings. The van der Waals surface area contributed by atoms with Gasteiger partial charge in [-0.15, -0.1) is 0 Å². The molecule has 0 aliphatic carbocycles. The molecule has 2 aromatic heterocycles. The minimum atomic E-state index is 0.00199. The zero-order chi connectivity index (χ0) is 16.4. The number of hydrogen-bond donors (Lipinski definition) is 0. The summed E-state index contributed by atoms with van der Waals surface area (Å²) in [6, 6.07) is 11.2. The maximum Gasteiger partial charge on any atom is 0.208 e. The first-order chi connectivity index (χ1) is 11.0. The average Bonchev–Trinajstić information content (AvgIpc) is 2.92. The van der Waals surface area contributed by atoms with E-state index >= 15 is 0 Å². The van der Waals surface area contributed by atoms with Crippen LogP contribution in [0.2, 0.25) is 10.0 Å². The van der Waals surface area contributed by atoms with E-state index in [1.807, 2.05) is 50.2 Å². The van der Waals surface area contributed by atoms with Gasteiger partial charge in [0, 0.05) is 16.8 Å². The molecule has 118 valence electrons. The second-order valence-electron chi connectivity index (χ2n) is 5.02. The van der Waals surface area contributed by atoms with Crippen molar-refractivity contribution < 1.29 is 4.42 Å². The van der Waals surface area contributed by atoms with Crippen LogP contribution in [0.15, 0.2) is 52.0 Å². The van der Waals surface area contributed by atoms with E-state index in [9.17, 15) is 0 Å². The fraction of sp³-hybridized carbons (Fsp3) is 0.176. The van der Waals surface area contributed by atoms with Crippen LogP contribution >= 0.6 is 35.0 Å². The van der Waals surface area contributed by atoms with E-state index < -0.39 is 0 Å². The number of halogens is 2. The van der Waals surface area contributed by atoms with Crippen molar-refractivity contribution in [3.63, 3.8) is 0 Å². The highest BCUT2D eigenvalue weighted by atomic mass is 35.5. The molecular weight excluding hydrogens is 351 g/mol. The molecule has 0 aliphatic heterocycles. The molecule has 2 heterocycles. The Hall–Kier alpha value is -1.49. The Morgan fingerprint density at radius 1 is 1.13 bits per heavy atom. The molecule has 0 bridgehead atoms. The van der Waals surface area contributed by atoms with E-state index in [-0.39, 0.29) is 5.25 Å². The number of benzene rings is 1. The van der Waals surface area contributed by atoms with E-state index in [4.69, 9.17) is 27.6 Å². The van der Waals surface area contributed by atoms with Crippen LogP contribution in [-0.2, 0) is 0 Å². The molecule has 23 heavy (non-hydrogen) atoms. The van der Waals surface area contributed by atoms with Crippen LogP contribution in [0.4, 0.5) is 0 Å². The fourth-order valence-corrected chi connectivity index (χ4v) is 3.36. The Morgan fingerprint density at radius 2 is 1.87 bits per heavy atom. The Balaban J connectivity index is 1.85. The number of hydrogen-bond acceptors (Lipinski definition) is 4. The molecule has 0 saturated heterocycles. The molecule has 6 heteroatoms. The zero-order valence-corrected chi connectivity index (χ0v) is 14.9. The summed E-state index contributed by atoms with van der Waals surface area (Å²) in [6.45, 7) is 3.95. The molecule has 0 amide bonds. The summed E-state index contributed by atoms with van der Waals surface area (Å²) >= 11 is 13.6. The lowest BCUT2D eigenvalue weighted by Crippen LogP contribution is -1.90. The molecule has 0 radical (unpaired) electrons. The largest absolute Gasteiger partial charge is 0.439 e. The van der Waals surface area contributed by atoms with Crippen molar-refractivity contribution in [1.29, 1.82) is 0 Å². The van der Waals surface area contributed by atoms with Gasteiger partial charge < -0.3 is 4.42 Å². The highest BCUT2D eigenvalue weighted by molar-refractivity contribution is 7.99. The molecule has 0 saturated carbocycles. The second-order valence-corrected chi connectivity index (χ2v) is 7.20. The quantitative estimate of drug-likeness (QED) is 0.516. The van der Waals surface area contributed by atoms with Gasteiger partial charge >= 0.3 is 0 Å². The second kappa shape index (κ2) is 6.95. The molecule has 1 aromatic carbocycles. The van der Waals surface area contributed by atoms with Crippen molar-refractivity contribution >= 4 is 35.0 Å². The van der Waals surface area contributed by atoms with E-state index in [1.54, 1.807) is 6.20 Å². The van der Waals surface area contributed by atoms with Crippen molar-refractivity contribution in [3.8, 4) is 11.3 Å². The van der Waals surface area contributed by atoms with Gasteiger partial charge in [-0.05, 0) is 50.2 Å². The predicted octanol–water partition coefficient (Wildman–Crippen LogP) is 6.21. The third-order valence-corrected chi connectivity index (χ3v) is 5.05. The summed E-state index contributed by atoms with van der Waals surface area (Å²) in [6.07, 6.45) is 1.72. The summed E-state index contributed by atoms with van der Waals surface area (Å²) in [4.78, 5) is 8.83. The molecule has 0 N–H and O–H groups in total. The van der Waals surface area contributed by atoms with Crippen LogP contribution in [0.1, 0.15) is 23.8 Å².